The van der Waals surface area contributed by atoms with Crippen LogP contribution in [0.5, 0.6) is 0 Å². The van der Waals surface area contributed by atoms with Crippen molar-refractivity contribution in [3.63, 3.8) is 0 Å². The van der Waals surface area contributed by atoms with Gasteiger partial charge in [-0.3, -0.25) is 0 Å². The molecular formula is C9H13NO7S. The highest BCUT2D eigenvalue weighted by Crippen LogP contribution is 2.16. The molecule has 0 spiro atoms. The van der Waals surface area contributed by atoms with E-state index in [-0.39, 0.29) is 0 Å². The third kappa shape index (κ3) is 3.07. The number of rotatable bonds is 6. The lowest BCUT2D eigenvalue weighted by molar-refractivity contribution is 0.0656. The fourth-order valence-electron chi connectivity index (χ4n) is 1.07. The number of aromatic carboxylic acids is 1. The van der Waals surface area contributed by atoms with E-state index in [1.165, 1.54) is 6.92 Å². The highest BCUT2D eigenvalue weighted by molar-refractivity contribution is 7.89. The number of carbonyl (C=O) groups is 1. The second kappa shape index (κ2) is 5.06. The van der Waals surface area contributed by atoms with Crippen molar-refractivity contribution >= 4 is 16.0 Å². The van der Waals surface area contributed by atoms with Crippen molar-refractivity contribution in [3.05, 3.63) is 17.9 Å². The molecule has 1 aromatic rings. The van der Waals surface area contributed by atoms with Gasteiger partial charge in [0.15, 0.2) is 0 Å². The van der Waals surface area contributed by atoms with Gasteiger partial charge in [0, 0.05) is 0 Å². The van der Waals surface area contributed by atoms with Crippen LogP contribution in [0.2, 0.25) is 0 Å². The van der Waals surface area contributed by atoms with Crippen LogP contribution in [0.4, 0.5) is 0 Å². The van der Waals surface area contributed by atoms with Crippen molar-refractivity contribution in [1.82, 2.24) is 4.72 Å². The monoisotopic (exact) mass is 279 g/mol. The van der Waals surface area contributed by atoms with E-state index in [0.29, 0.717) is 0 Å². The Labute approximate surface area is 103 Å². The molecule has 0 unspecified atom stereocenters. The molecule has 1 heterocycles. The molecule has 0 saturated carbocycles. The lowest BCUT2D eigenvalue weighted by Crippen LogP contribution is -2.51. The molecule has 0 amide bonds. The standard InChI is InChI=1S/C9H13NO7S/c1-9(4-11,5-12)10-18(15,16)7-3-2-6(17-7)8(13)14/h2-3,10-12H,4-5H2,1H3,(H,13,14). The van der Waals surface area contributed by atoms with Gasteiger partial charge in [0.05, 0.1) is 18.8 Å². The minimum atomic E-state index is -4.15. The summed E-state index contributed by atoms with van der Waals surface area (Å²) in [6, 6.07) is 1.97. The maximum absolute atomic E-state index is 11.8. The van der Waals surface area contributed by atoms with E-state index in [4.69, 9.17) is 15.3 Å². The van der Waals surface area contributed by atoms with Crippen molar-refractivity contribution < 1.29 is 32.9 Å². The van der Waals surface area contributed by atoms with E-state index in [2.05, 4.69) is 4.42 Å². The molecule has 4 N–H and O–H groups in total. The summed E-state index contributed by atoms with van der Waals surface area (Å²) in [6.45, 7) is 0.0239. The number of furan rings is 1. The van der Waals surface area contributed by atoms with Crippen LogP contribution in [-0.2, 0) is 10.0 Å². The first-order valence-electron chi connectivity index (χ1n) is 4.83. The van der Waals surface area contributed by atoms with Gasteiger partial charge in [-0.2, -0.15) is 4.72 Å². The molecule has 0 atom stereocenters. The van der Waals surface area contributed by atoms with E-state index in [9.17, 15) is 13.2 Å². The molecule has 0 radical (unpaired) electrons. The number of aliphatic hydroxyl groups excluding tert-OH is 2. The van der Waals surface area contributed by atoms with Crippen LogP contribution < -0.4 is 4.72 Å². The Kier molecular flexibility index (Phi) is 4.12. The van der Waals surface area contributed by atoms with E-state index < -0.39 is 45.6 Å². The molecule has 1 rings (SSSR count). The number of hydrogen-bond donors (Lipinski definition) is 4. The minimum Gasteiger partial charge on any atom is -0.475 e. The Bertz CT molecular complexity index is 529. The van der Waals surface area contributed by atoms with Gasteiger partial charge < -0.3 is 19.7 Å². The van der Waals surface area contributed by atoms with Crippen molar-refractivity contribution in [1.29, 1.82) is 0 Å². The smallest absolute Gasteiger partial charge is 0.371 e. The topological polar surface area (TPSA) is 137 Å². The first kappa shape index (κ1) is 14.6. The maximum atomic E-state index is 11.8. The number of hydrogen-bond acceptors (Lipinski definition) is 6. The molecule has 0 fully saturated rings. The highest BCUT2D eigenvalue weighted by atomic mass is 32.2. The third-order valence-corrected chi connectivity index (χ3v) is 3.65. The number of sulfonamides is 1. The van der Waals surface area contributed by atoms with Crippen LogP contribution in [0.15, 0.2) is 21.6 Å². The second-order valence-corrected chi connectivity index (χ2v) is 5.52. The van der Waals surface area contributed by atoms with Crippen molar-refractivity contribution in [2.75, 3.05) is 13.2 Å². The van der Waals surface area contributed by atoms with Crippen LogP contribution >= 0.6 is 0 Å². The lowest BCUT2D eigenvalue weighted by atomic mass is 10.1. The van der Waals surface area contributed by atoms with Crippen molar-refractivity contribution in [2.45, 2.75) is 17.6 Å². The average molecular weight is 279 g/mol. The molecule has 102 valence electrons. The molecule has 18 heavy (non-hydrogen) atoms. The molecular weight excluding hydrogens is 266 g/mol. The normalized spacial score (nSPS) is 12.6. The van der Waals surface area contributed by atoms with Crippen LogP contribution in [-0.4, -0.2) is 48.5 Å². The van der Waals surface area contributed by atoms with Gasteiger partial charge in [-0.1, -0.05) is 0 Å². The van der Waals surface area contributed by atoms with E-state index >= 15 is 0 Å². The first-order chi connectivity index (χ1) is 8.24. The fraction of sp³-hybridized carbons (Fsp3) is 0.444. The predicted octanol–water partition coefficient (Wildman–Crippen LogP) is -1.00. The summed E-state index contributed by atoms with van der Waals surface area (Å²) in [6.07, 6.45) is 0. The Morgan fingerprint density at radius 2 is 1.94 bits per heavy atom. The molecule has 8 nitrogen and oxygen atoms in total. The molecule has 0 aliphatic rings. The molecule has 0 aliphatic carbocycles. The highest BCUT2D eigenvalue weighted by Gasteiger charge is 2.31. The summed E-state index contributed by atoms with van der Waals surface area (Å²) in [7, 11) is -4.15. The number of carboxylic acid groups (broad SMARTS) is 1. The zero-order chi connectivity index (χ0) is 14.0. The summed E-state index contributed by atoms with van der Waals surface area (Å²) in [5.74, 6) is -1.92. The van der Waals surface area contributed by atoms with E-state index in [0.717, 1.165) is 12.1 Å². The van der Waals surface area contributed by atoms with Crippen LogP contribution in [0.1, 0.15) is 17.5 Å². The van der Waals surface area contributed by atoms with Crippen LogP contribution in [0.25, 0.3) is 0 Å². The zero-order valence-electron chi connectivity index (χ0n) is 9.45. The largest absolute Gasteiger partial charge is 0.475 e. The Hall–Kier alpha value is -1.42. The molecule has 1 aromatic heterocycles. The van der Waals surface area contributed by atoms with Gasteiger partial charge in [-0.05, 0) is 19.1 Å². The summed E-state index contributed by atoms with van der Waals surface area (Å²) in [4.78, 5) is 10.5. The van der Waals surface area contributed by atoms with Crippen LogP contribution in [0.3, 0.4) is 0 Å². The number of nitrogens with one attached hydrogen (secondary N) is 1. The number of aliphatic hydroxyl groups is 2. The van der Waals surface area contributed by atoms with Crippen molar-refractivity contribution in [2.24, 2.45) is 0 Å². The lowest BCUT2D eigenvalue weighted by Gasteiger charge is -2.24. The SMILES string of the molecule is CC(CO)(CO)NS(=O)(=O)c1ccc(C(=O)O)o1. The van der Waals surface area contributed by atoms with Gasteiger partial charge in [-0.25, -0.2) is 13.2 Å². The Morgan fingerprint density at radius 1 is 1.39 bits per heavy atom. The zero-order valence-corrected chi connectivity index (χ0v) is 10.3. The summed E-state index contributed by atoms with van der Waals surface area (Å²) >= 11 is 0. The molecule has 9 heteroatoms. The summed E-state index contributed by atoms with van der Waals surface area (Å²) in [5, 5.41) is 26.0. The maximum Gasteiger partial charge on any atom is 0.371 e. The number of carboxylic acids is 1. The van der Waals surface area contributed by atoms with Gasteiger partial charge in [0.2, 0.25) is 10.9 Å². The van der Waals surface area contributed by atoms with E-state index in [1.54, 1.807) is 0 Å². The quantitative estimate of drug-likeness (QED) is 0.524. The second-order valence-electron chi connectivity index (χ2n) is 3.91. The average Bonchev–Trinajstić information content (AvgIpc) is 2.78. The molecule has 0 saturated heterocycles. The van der Waals surface area contributed by atoms with Gasteiger partial charge in [0.1, 0.15) is 0 Å². The Balaban J connectivity index is 3.03. The predicted molar refractivity (Wildman–Crippen MR) is 58.6 cm³/mol. The summed E-state index contributed by atoms with van der Waals surface area (Å²) < 4.78 is 30.2. The Morgan fingerprint density at radius 3 is 2.33 bits per heavy atom. The minimum absolute atomic E-state index is 0.523. The molecule has 0 aromatic carbocycles. The fourth-order valence-corrected chi connectivity index (χ4v) is 2.39. The third-order valence-electron chi connectivity index (χ3n) is 2.14. The molecule has 0 bridgehead atoms. The van der Waals surface area contributed by atoms with Gasteiger partial charge >= 0.3 is 5.97 Å². The van der Waals surface area contributed by atoms with Gasteiger partial charge in [-0.15, -0.1) is 0 Å². The molecule has 0 aliphatic heterocycles. The van der Waals surface area contributed by atoms with Gasteiger partial charge in [0.25, 0.3) is 10.0 Å². The first-order valence-corrected chi connectivity index (χ1v) is 6.31. The summed E-state index contributed by atoms with van der Waals surface area (Å²) in [5.41, 5.74) is -1.46. The van der Waals surface area contributed by atoms with Crippen LogP contribution in [0, 0.1) is 0 Å². The van der Waals surface area contributed by atoms with Crippen molar-refractivity contribution in [3.8, 4) is 0 Å². The van der Waals surface area contributed by atoms with E-state index in [1.807, 2.05) is 4.72 Å².